The molecular weight excluding hydrogens is 284 g/mol. The lowest BCUT2D eigenvalue weighted by Crippen LogP contribution is -2.48. The lowest BCUT2D eigenvalue weighted by atomic mass is 10.1. The molecule has 20 heavy (non-hydrogen) atoms. The zero-order valence-corrected chi connectivity index (χ0v) is 12.0. The predicted molar refractivity (Wildman–Crippen MR) is 72.0 cm³/mol. The summed E-state index contributed by atoms with van der Waals surface area (Å²) < 4.78 is 22.9. The van der Waals surface area contributed by atoms with Crippen molar-refractivity contribution in [3.05, 3.63) is 0 Å². The first kappa shape index (κ1) is 15.2. The molecule has 2 rings (SSSR count). The van der Waals surface area contributed by atoms with E-state index in [1.165, 1.54) is 0 Å². The third kappa shape index (κ3) is 4.17. The molecule has 0 spiro atoms. The van der Waals surface area contributed by atoms with Gasteiger partial charge in [-0.25, -0.2) is 8.42 Å². The monoisotopic (exact) mass is 304 g/mol. The fourth-order valence-electron chi connectivity index (χ4n) is 2.85. The average molecular weight is 304 g/mol. The fraction of sp³-hybridized carbons (Fsp3) is 0.833. The van der Waals surface area contributed by atoms with Gasteiger partial charge in [0.1, 0.15) is 0 Å². The molecule has 1 saturated heterocycles. The number of sulfone groups is 1. The zero-order chi connectivity index (χ0) is 14.8. The van der Waals surface area contributed by atoms with E-state index >= 15 is 0 Å². The van der Waals surface area contributed by atoms with Crippen LogP contribution < -0.4 is 10.6 Å². The molecule has 3 N–H and O–H groups in total. The molecule has 114 valence electrons. The number of aliphatic carboxylic acids is 1. The van der Waals surface area contributed by atoms with Gasteiger partial charge in [0.2, 0.25) is 5.91 Å². The molecule has 1 heterocycles. The highest BCUT2D eigenvalue weighted by atomic mass is 32.2. The van der Waals surface area contributed by atoms with Crippen LogP contribution in [0.2, 0.25) is 0 Å². The van der Waals surface area contributed by atoms with E-state index < -0.39 is 15.8 Å². The minimum Gasteiger partial charge on any atom is -0.481 e. The lowest BCUT2D eigenvalue weighted by molar-refractivity contribution is -0.141. The summed E-state index contributed by atoms with van der Waals surface area (Å²) in [4.78, 5) is 22.7. The van der Waals surface area contributed by atoms with Crippen LogP contribution in [-0.2, 0) is 19.4 Å². The Labute approximate surface area is 118 Å². The Bertz CT molecular complexity index is 490. The fourth-order valence-corrected chi connectivity index (χ4v) is 4.29. The van der Waals surface area contributed by atoms with Crippen molar-refractivity contribution in [3.8, 4) is 0 Å². The number of amides is 1. The molecule has 7 nitrogen and oxygen atoms in total. The molecule has 1 unspecified atom stereocenters. The van der Waals surface area contributed by atoms with E-state index in [0.29, 0.717) is 25.8 Å². The molecule has 2 fully saturated rings. The molecular formula is C12H20N2O5S. The maximum Gasteiger partial charge on any atom is 0.306 e. The Morgan fingerprint density at radius 3 is 2.65 bits per heavy atom. The van der Waals surface area contributed by atoms with Crippen LogP contribution in [0.4, 0.5) is 0 Å². The average Bonchev–Trinajstić information content (AvgIpc) is 2.75. The number of carboxylic acids is 1. The highest BCUT2D eigenvalue weighted by molar-refractivity contribution is 7.91. The van der Waals surface area contributed by atoms with Crippen molar-refractivity contribution in [2.24, 2.45) is 5.92 Å². The van der Waals surface area contributed by atoms with Gasteiger partial charge in [-0.1, -0.05) is 0 Å². The number of nitrogens with one attached hydrogen (secondary N) is 2. The normalized spacial score (nSPS) is 32.7. The molecule has 0 radical (unpaired) electrons. The van der Waals surface area contributed by atoms with Crippen LogP contribution in [-0.4, -0.2) is 55.5 Å². The number of hydrogen-bond donors (Lipinski definition) is 3. The molecule has 0 bridgehead atoms. The van der Waals surface area contributed by atoms with E-state index in [4.69, 9.17) is 5.11 Å². The summed E-state index contributed by atoms with van der Waals surface area (Å²) in [5.74, 6) is -1.30. The molecule has 1 amide bonds. The number of carbonyl (C=O) groups is 2. The third-order valence-corrected chi connectivity index (χ3v) is 5.62. The van der Waals surface area contributed by atoms with E-state index in [1.807, 2.05) is 0 Å². The van der Waals surface area contributed by atoms with Gasteiger partial charge in [0.05, 0.1) is 17.4 Å². The van der Waals surface area contributed by atoms with Gasteiger partial charge in [0.15, 0.2) is 9.84 Å². The molecule has 1 aliphatic heterocycles. The Balaban J connectivity index is 1.77. The van der Waals surface area contributed by atoms with Crippen LogP contribution in [0.5, 0.6) is 0 Å². The predicted octanol–water partition coefficient (Wildman–Crippen LogP) is -0.867. The van der Waals surface area contributed by atoms with Crippen LogP contribution >= 0.6 is 0 Å². The lowest BCUT2D eigenvalue weighted by Gasteiger charge is -2.23. The van der Waals surface area contributed by atoms with Gasteiger partial charge in [-0.2, -0.15) is 0 Å². The van der Waals surface area contributed by atoms with E-state index in [0.717, 1.165) is 0 Å². The van der Waals surface area contributed by atoms with Gasteiger partial charge >= 0.3 is 5.97 Å². The second-order valence-electron chi connectivity index (χ2n) is 5.58. The minimum atomic E-state index is -3.05. The van der Waals surface area contributed by atoms with Crippen molar-refractivity contribution < 1.29 is 23.1 Å². The van der Waals surface area contributed by atoms with Crippen LogP contribution in [0.15, 0.2) is 0 Å². The van der Waals surface area contributed by atoms with Crippen LogP contribution in [0, 0.1) is 5.92 Å². The molecule has 0 aromatic heterocycles. The van der Waals surface area contributed by atoms with Gasteiger partial charge in [-0.3, -0.25) is 9.59 Å². The SMILES string of the molecule is O=C(CC1CS(=O)(=O)CCN1)N[C@H]1CC[C@@H](C(=O)O)C1. The molecule has 0 aromatic rings. The van der Waals surface area contributed by atoms with Gasteiger partial charge in [-0.15, -0.1) is 0 Å². The van der Waals surface area contributed by atoms with E-state index in [2.05, 4.69) is 10.6 Å². The first-order valence-corrected chi connectivity index (χ1v) is 8.64. The molecule has 3 atom stereocenters. The van der Waals surface area contributed by atoms with Gasteiger partial charge in [-0.05, 0) is 19.3 Å². The van der Waals surface area contributed by atoms with Crippen LogP contribution in [0.1, 0.15) is 25.7 Å². The maximum absolute atomic E-state index is 11.9. The third-order valence-electron chi connectivity index (χ3n) is 3.88. The number of rotatable bonds is 4. The van der Waals surface area contributed by atoms with Crippen molar-refractivity contribution in [2.75, 3.05) is 18.1 Å². The smallest absolute Gasteiger partial charge is 0.306 e. The second kappa shape index (κ2) is 6.09. The minimum absolute atomic E-state index is 0.0111. The summed E-state index contributed by atoms with van der Waals surface area (Å²) in [6.07, 6.45) is 1.82. The van der Waals surface area contributed by atoms with Crippen molar-refractivity contribution in [2.45, 2.75) is 37.8 Å². The topological polar surface area (TPSA) is 113 Å². The molecule has 0 aromatic carbocycles. The highest BCUT2D eigenvalue weighted by Crippen LogP contribution is 2.25. The standard InChI is InChI=1S/C12H20N2O5S/c15-11(6-10-7-20(18,19)4-3-13-10)14-9-2-1-8(5-9)12(16)17/h8-10,13H,1-7H2,(H,14,15)(H,16,17)/t8-,9+,10?/m1/s1. The zero-order valence-electron chi connectivity index (χ0n) is 11.2. The number of carbonyl (C=O) groups excluding carboxylic acids is 1. The van der Waals surface area contributed by atoms with Crippen LogP contribution in [0.25, 0.3) is 0 Å². The first-order valence-electron chi connectivity index (χ1n) is 6.82. The van der Waals surface area contributed by atoms with E-state index in [-0.39, 0.29) is 41.8 Å². The molecule has 2 aliphatic rings. The summed E-state index contributed by atoms with van der Waals surface area (Å²) in [5.41, 5.74) is 0. The Kier molecular flexibility index (Phi) is 4.64. The molecule has 1 saturated carbocycles. The molecule has 8 heteroatoms. The Morgan fingerprint density at radius 2 is 2.05 bits per heavy atom. The van der Waals surface area contributed by atoms with Crippen molar-refractivity contribution in [3.63, 3.8) is 0 Å². The van der Waals surface area contributed by atoms with Gasteiger partial charge < -0.3 is 15.7 Å². The Morgan fingerprint density at radius 1 is 1.30 bits per heavy atom. The summed E-state index contributed by atoms with van der Waals surface area (Å²) >= 11 is 0. The molecule has 1 aliphatic carbocycles. The van der Waals surface area contributed by atoms with Gasteiger partial charge in [0.25, 0.3) is 0 Å². The van der Waals surface area contributed by atoms with Crippen molar-refractivity contribution in [1.82, 2.24) is 10.6 Å². The van der Waals surface area contributed by atoms with E-state index in [1.54, 1.807) is 0 Å². The van der Waals surface area contributed by atoms with Crippen LogP contribution in [0.3, 0.4) is 0 Å². The summed E-state index contributed by atoms with van der Waals surface area (Å²) in [6, 6.07) is -0.450. The largest absolute Gasteiger partial charge is 0.481 e. The van der Waals surface area contributed by atoms with Crippen molar-refractivity contribution in [1.29, 1.82) is 0 Å². The quantitative estimate of drug-likeness (QED) is 0.622. The number of carboxylic acid groups (broad SMARTS) is 1. The summed E-state index contributed by atoms with van der Waals surface area (Å²) in [7, 11) is -3.05. The maximum atomic E-state index is 11.9. The number of hydrogen-bond acceptors (Lipinski definition) is 5. The van der Waals surface area contributed by atoms with E-state index in [9.17, 15) is 18.0 Å². The van der Waals surface area contributed by atoms with Gasteiger partial charge in [0, 0.05) is 25.0 Å². The summed E-state index contributed by atoms with van der Waals surface area (Å²) in [5, 5.41) is 14.7. The highest BCUT2D eigenvalue weighted by Gasteiger charge is 2.31. The van der Waals surface area contributed by atoms with Crippen molar-refractivity contribution >= 4 is 21.7 Å². The Hall–Kier alpha value is -1.15. The second-order valence-corrected chi connectivity index (χ2v) is 7.81. The first-order chi connectivity index (χ1) is 9.35. The summed E-state index contributed by atoms with van der Waals surface area (Å²) in [6.45, 7) is 0.380.